The molecule has 0 fully saturated rings. The fraction of sp³-hybridized carbons (Fsp3) is 0.429. The van der Waals surface area contributed by atoms with Gasteiger partial charge in [0.15, 0.2) is 0 Å². The van der Waals surface area contributed by atoms with E-state index in [2.05, 4.69) is 46.2 Å². The molecule has 0 bridgehead atoms. The second-order valence-electron chi connectivity index (χ2n) is 7.72. The molecule has 0 saturated heterocycles. The minimum Gasteiger partial charge on any atom is -0.480 e. The minimum atomic E-state index is -1.41. The molecule has 5 atom stereocenters. The smallest absolute Gasteiger partial charge is 0.327 e. The van der Waals surface area contributed by atoms with Crippen LogP contribution in [-0.2, 0) is 25.6 Å². The Morgan fingerprint density at radius 3 is 2.24 bits per heavy atom. The summed E-state index contributed by atoms with van der Waals surface area (Å²) in [5.41, 5.74) is 7.14. The Balaban J connectivity index is 2.29. The Bertz CT molecular complexity index is 1030. The summed E-state index contributed by atoms with van der Waals surface area (Å²) in [4.78, 5) is 52.5. The summed E-state index contributed by atoms with van der Waals surface area (Å²) in [6.45, 7) is 1.30. The molecule has 1 aromatic heterocycles. The van der Waals surface area contributed by atoms with Crippen molar-refractivity contribution in [2.24, 2.45) is 5.73 Å². The molecule has 0 spiro atoms. The van der Waals surface area contributed by atoms with E-state index >= 15 is 0 Å². The number of nitrogens with two attached hydrogens (primary N) is 1. The lowest BCUT2D eigenvalue weighted by Crippen LogP contribution is -2.60. The fourth-order valence-corrected chi connectivity index (χ4v) is 3.61. The highest BCUT2D eigenvalue weighted by atomic mass is 32.1. The van der Waals surface area contributed by atoms with Gasteiger partial charge in [0.05, 0.1) is 12.1 Å². The molecule has 3 amide bonds. The number of aliphatic carboxylic acids is 1. The van der Waals surface area contributed by atoms with Gasteiger partial charge in [-0.2, -0.15) is 25.3 Å². The quantitative estimate of drug-likeness (QED) is 0.160. The van der Waals surface area contributed by atoms with E-state index in [1.807, 2.05) is 24.3 Å². The van der Waals surface area contributed by atoms with Gasteiger partial charge in [0.2, 0.25) is 17.7 Å². The molecular weight excluding hydrogens is 482 g/mol. The van der Waals surface area contributed by atoms with E-state index in [1.165, 1.54) is 6.92 Å². The van der Waals surface area contributed by atoms with E-state index < -0.39 is 54.0 Å². The highest BCUT2D eigenvalue weighted by Crippen LogP contribution is 2.19. The number of rotatable bonds is 12. The predicted octanol–water partition coefficient (Wildman–Crippen LogP) is -1.18. The van der Waals surface area contributed by atoms with Gasteiger partial charge in [-0.3, -0.25) is 14.4 Å². The number of aliphatic hydroxyl groups is 1. The summed E-state index contributed by atoms with van der Waals surface area (Å²) in [5, 5.41) is 27.4. The first kappa shape index (κ1) is 27.5. The maximum Gasteiger partial charge on any atom is 0.327 e. The zero-order valence-corrected chi connectivity index (χ0v) is 20.2. The molecule has 13 heteroatoms. The molecule has 0 saturated carbocycles. The van der Waals surface area contributed by atoms with Crippen LogP contribution in [0.1, 0.15) is 12.5 Å². The van der Waals surface area contributed by atoms with Crippen LogP contribution in [0, 0.1) is 0 Å². The van der Waals surface area contributed by atoms with Crippen LogP contribution in [0.4, 0.5) is 0 Å². The minimum absolute atomic E-state index is 0.0110. The molecule has 186 valence electrons. The number of carbonyl (C=O) groups excluding carboxylic acids is 3. The lowest BCUT2D eigenvalue weighted by atomic mass is 10.0. The van der Waals surface area contributed by atoms with Crippen molar-refractivity contribution in [2.45, 2.75) is 43.6 Å². The maximum absolute atomic E-state index is 13.0. The summed E-state index contributed by atoms with van der Waals surface area (Å²) in [6, 6.07) is 2.43. The molecule has 2 aromatic rings. The van der Waals surface area contributed by atoms with E-state index in [4.69, 9.17) is 5.73 Å². The number of benzene rings is 1. The Kier molecular flexibility index (Phi) is 10.2. The summed E-state index contributed by atoms with van der Waals surface area (Å²) in [5.74, 6) is -3.73. The number of aromatic amines is 1. The van der Waals surface area contributed by atoms with Gasteiger partial charge < -0.3 is 36.9 Å². The lowest BCUT2D eigenvalue weighted by Gasteiger charge is -2.26. The van der Waals surface area contributed by atoms with Gasteiger partial charge >= 0.3 is 5.97 Å². The van der Waals surface area contributed by atoms with E-state index in [-0.39, 0.29) is 17.9 Å². The SMILES string of the molecule is CC(O)C(NC(=O)C(N)CS)C(=O)NC(Cc1c[nH]c2ccccc12)C(=O)NC(CS)C(=O)O. The number of nitrogens with one attached hydrogen (secondary N) is 4. The number of H-pyrrole nitrogens is 1. The monoisotopic (exact) mass is 511 g/mol. The third kappa shape index (κ3) is 7.13. The topological polar surface area (TPSA) is 187 Å². The van der Waals surface area contributed by atoms with E-state index in [0.717, 1.165) is 10.9 Å². The van der Waals surface area contributed by atoms with Gasteiger partial charge in [0, 0.05) is 35.0 Å². The van der Waals surface area contributed by atoms with Crippen molar-refractivity contribution in [3.63, 3.8) is 0 Å². The third-order valence-electron chi connectivity index (χ3n) is 5.13. The average molecular weight is 512 g/mol. The molecule has 0 radical (unpaired) electrons. The molecule has 11 nitrogen and oxygen atoms in total. The first-order chi connectivity index (χ1) is 16.1. The number of carbonyl (C=O) groups is 4. The third-order valence-corrected chi connectivity index (χ3v) is 5.88. The number of hydrogen-bond donors (Lipinski definition) is 9. The van der Waals surface area contributed by atoms with Gasteiger partial charge in [0.1, 0.15) is 18.1 Å². The Labute approximate surface area is 207 Å². The number of hydrogen-bond acceptors (Lipinski definition) is 8. The van der Waals surface area contributed by atoms with E-state index in [1.54, 1.807) is 6.20 Å². The van der Waals surface area contributed by atoms with Crippen LogP contribution in [-0.4, -0.2) is 80.7 Å². The van der Waals surface area contributed by atoms with Crippen molar-refractivity contribution in [3.05, 3.63) is 36.0 Å². The summed E-state index contributed by atoms with van der Waals surface area (Å²) < 4.78 is 0. The van der Waals surface area contributed by atoms with E-state index in [9.17, 15) is 29.4 Å². The van der Waals surface area contributed by atoms with Crippen LogP contribution in [0.2, 0.25) is 0 Å². The Morgan fingerprint density at radius 1 is 1.00 bits per heavy atom. The summed E-state index contributed by atoms with van der Waals surface area (Å²) >= 11 is 7.88. The number of aliphatic hydroxyl groups excluding tert-OH is 1. The molecule has 2 rings (SSSR count). The van der Waals surface area contributed by atoms with Crippen LogP contribution in [0.3, 0.4) is 0 Å². The normalized spacial score (nSPS) is 15.6. The van der Waals surface area contributed by atoms with Crippen molar-refractivity contribution in [3.8, 4) is 0 Å². The van der Waals surface area contributed by atoms with Crippen LogP contribution >= 0.6 is 25.3 Å². The number of amides is 3. The van der Waals surface area contributed by atoms with Crippen molar-refractivity contribution < 1.29 is 29.4 Å². The zero-order chi connectivity index (χ0) is 25.4. The van der Waals surface area contributed by atoms with Gasteiger partial charge in [-0.1, -0.05) is 18.2 Å². The fourth-order valence-electron chi connectivity index (χ4n) is 3.20. The van der Waals surface area contributed by atoms with Crippen molar-refractivity contribution in [1.82, 2.24) is 20.9 Å². The van der Waals surface area contributed by atoms with Gasteiger partial charge in [-0.05, 0) is 18.6 Å². The number of carboxylic acid groups (broad SMARTS) is 1. The average Bonchev–Trinajstić information content (AvgIpc) is 3.21. The molecule has 8 N–H and O–H groups in total. The Hall–Kier alpha value is -2.74. The standard InChI is InChI=1S/C21H29N5O6S2/c1-10(27)17(26-18(28)13(22)8-33)20(30)24-15(19(29)25-16(9-34)21(31)32)6-11-7-23-14-5-3-2-4-12(11)14/h2-5,7,10,13,15-17,23,27,33-34H,6,8-9,22H2,1H3,(H,24,30)(H,25,29)(H,26,28)(H,31,32). The number of thiol groups is 2. The van der Waals surface area contributed by atoms with Crippen molar-refractivity contribution in [2.75, 3.05) is 11.5 Å². The molecule has 0 aliphatic rings. The predicted molar refractivity (Wildman–Crippen MR) is 133 cm³/mol. The van der Waals surface area contributed by atoms with Crippen molar-refractivity contribution in [1.29, 1.82) is 0 Å². The summed E-state index contributed by atoms with van der Waals surface area (Å²) in [7, 11) is 0. The van der Waals surface area contributed by atoms with Gasteiger partial charge in [-0.15, -0.1) is 0 Å². The molecule has 0 aliphatic carbocycles. The largest absolute Gasteiger partial charge is 0.480 e. The highest BCUT2D eigenvalue weighted by molar-refractivity contribution is 7.80. The number of para-hydroxylation sites is 1. The molecule has 1 heterocycles. The summed E-state index contributed by atoms with van der Waals surface area (Å²) in [6.07, 6.45) is 0.387. The lowest BCUT2D eigenvalue weighted by molar-refractivity contribution is -0.141. The second kappa shape index (κ2) is 12.6. The van der Waals surface area contributed by atoms with Crippen molar-refractivity contribution >= 4 is 59.9 Å². The zero-order valence-electron chi connectivity index (χ0n) is 18.4. The van der Waals surface area contributed by atoms with Gasteiger partial charge in [0.25, 0.3) is 0 Å². The molecular formula is C21H29N5O6S2. The van der Waals surface area contributed by atoms with E-state index in [0.29, 0.717) is 5.56 Å². The molecule has 0 aliphatic heterocycles. The molecule has 34 heavy (non-hydrogen) atoms. The second-order valence-corrected chi connectivity index (χ2v) is 8.45. The van der Waals surface area contributed by atoms with Crippen LogP contribution in [0.15, 0.2) is 30.5 Å². The van der Waals surface area contributed by atoms with Crippen LogP contribution < -0.4 is 21.7 Å². The van der Waals surface area contributed by atoms with Crippen LogP contribution in [0.25, 0.3) is 10.9 Å². The molecule has 5 unspecified atom stereocenters. The first-order valence-corrected chi connectivity index (χ1v) is 11.7. The number of aromatic nitrogens is 1. The maximum atomic E-state index is 13.0. The Morgan fingerprint density at radius 2 is 1.65 bits per heavy atom. The van der Waals surface area contributed by atoms with Gasteiger partial charge in [-0.25, -0.2) is 4.79 Å². The first-order valence-electron chi connectivity index (χ1n) is 10.4. The van der Waals surface area contributed by atoms with Crippen LogP contribution in [0.5, 0.6) is 0 Å². The highest BCUT2D eigenvalue weighted by Gasteiger charge is 2.32. The molecule has 1 aromatic carbocycles. The number of fused-ring (bicyclic) bond motifs is 1. The number of carboxylic acids is 1.